The minimum absolute atomic E-state index is 0.0182. The Hall–Kier alpha value is -1.69. The van der Waals surface area contributed by atoms with Gasteiger partial charge in [-0.15, -0.1) is 0 Å². The van der Waals surface area contributed by atoms with Crippen molar-refractivity contribution in [2.75, 3.05) is 6.61 Å². The predicted molar refractivity (Wildman–Crippen MR) is 73.2 cm³/mol. The molecule has 20 heavy (non-hydrogen) atoms. The lowest BCUT2D eigenvalue weighted by Gasteiger charge is -2.27. The van der Waals surface area contributed by atoms with E-state index >= 15 is 0 Å². The summed E-state index contributed by atoms with van der Waals surface area (Å²) in [5.41, 5.74) is 5.57. The molecule has 5 nitrogen and oxygen atoms in total. The maximum absolute atomic E-state index is 13.7. The van der Waals surface area contributed by atoms with Crippen LogP contribution in [0.3, 0.4) is 0 Å². The van der Waals surface area contributed by atoms with E-state index in [1.165, 1.54) is 25.0 Å². The van der Waals surface area contributed by atoms with Crippen molar-refractivity contribution in [2.24, 2.45) is 5.73 Å². The van der Waals surface area contributed by atoms with Gasteiger partial charge in [0, 0.05) is 6.07 Å². The van der Waals surface area contributed by atoms with E-state index in [2.05, 4.69) is 0 Å². The third-order valence-electron chi connectivity index (χ3n) is 3.74. The van der Waals surface area contributed by atoms with Gasteiger partial charge in [-0.2, -0.15) is 0 Å². The van der Waals surface area contributed by atoms with Crippen LogP contribution in [0.25, 0.3) is 0 Å². The monoisotopic (exact) mass is 282 g/mol. The molecule has 2 N–H and O–H groups in total. The fourth-order valence-corrected chi connectivity index (χ4v) is 2.52. The molecular formula is C14H19FN2O3. The number of hydrogen-bond donors (Lipinski definition) is 1. The van der Waals surface area contributed by atoms with Crippen molar-refractivity contribution in [3.8, 4) is 5.75 Å². The fraction of sp³-hybridized carbons (Fsp3) is 0.571. The first-order valence-corrected chi connectivity index (χ1v) is 6.86. The van der Waals surface area contributed by atoms with Crippen LogP contribution < -0.4 is 10.5 Å². The zero-order chi connectivity index (χ0) is 14.6. The number of rotatable bonds is 4. The zero-order valence-corrected chi connectivity index (χ0v) is 11.3. The molecule has 1 aromatic rings. The zero-order valence-electron chi connectivity index (χ0n) is 11.3. The molecule has 1 saturated carbocycles. The first kappa shape index (κ1) is 14.7. The quantitative estimate of drug-likeness (QED) is 0.522. The molecule has 1 fully saturated rings. The lowest BCUT2D eigenvalue weighted by Crippen LogP contribution is -2.45. The van der Waals surface area contributed by atoms with Gasteiger partial charge >= 0.3 is 0 Å². The van der Waals surface area contributed by atoms with Crippen LogP contribution in [0.15, 0.2) is 18.2 Å². The maximum atomic E-state index is 13.7. The summed E-state index contributed by atoms with van der Waals surface area (Å²) in [6.45, 7) is 0.238. The molecular weight excluding hydrogens is 263 g/mol. The smallest absolute Gasteiger partial charge is 0.272 e. The van der Waals surface area contributed by atoms with Gasteiger partial charge in [0.15, 0.2) is 11.6 Å². The van der Waals surface area contributed by atoms with Crippen LogP contribution >= 0.6 is 0 Å². The van der Waals surface area contributed by atoms with Gasteiger partial charge in [-0.1, -0.05) is 25.7 Å². The van der Waals surface area contributed by atoms with Crippen LogP contribution in [0.5, 0.6) is 5.75 Å². The molecule has 0 amide bonds. The van der Waals surface area contributed by atoms with Gasteiger partial charge in [-0.25, -0.2) is 4.39 Å². The number of hydrogen-bond acceptors (Lipinski definition) is 4. The first-order chi connectivity index (χ1) is 9.50. The Balaban J connectivity index is 2.01. The van der Waals surface area contributed by atoms with Crippen molar-refractivity contribution in [2.45, 2.75) is 44.1 Å². The minimum Gasteiger partial charge on any atom is -0.489 e. The van der Waals surface area contributed by atoms with Crippen molar-refractivity contribution in [3.05, 3.63) is 34.1 Å². The second kappa shape index (κ2) is 6.17. The Kier molecular flexibility index (Phi) is 4.54. The number of nitrogens with two attached hydrogens (primary N) is 1. The predicted octanol–water partition coefficient (Wildman–Crippen LogP) is 3.16. The van der Waals surface area contributed by atoms with Gasteiger partial charge in [0.25, 0.3) is 5.69 Å². The Morgan fingerprint density at radius 1 is 1.30 bits per heavy atom. The molecule has 0 aliphatic heterocycles. The summed E-state index contributed by atoms with van der Waals surface area (Å²) in [5, 5.41) is 10.5. The van der Waals surface area contributed by atoms with Gasteiger partial charge in [0.1, 0.15) is 6.61 Å². The summed E-state index contributed by atoms with van der Waals surface area (Å²) in [4.78, 5) is 9.90. The number of benzene rings is 1. The molecule has 1 aliphatic rings. The number of halogens is 1. The summed E-state index contributed by atoms with van der Waals surface area (Å²) in [7, 11) is 0. The van der Waals surface area contributed by atoms with Gasteiger partial charge in [0.2, 0.25) is 0 Å². The molecule has 0 unspecified atom stereocenters. The van der Waals surface area contributed by atoms with Crippen molar-refractivity contribution in [1.29, 1.82) is 0 Å². The molecule has 0 bridgehead atoms. The van der Waals surface area contributed by atoms with Crippen LogP contribution in [0, 0.1) is 15.9 Å². The van der Waals surface area contributed by atoms with E-state index in [1.807, 2.05) is 0 Å². The Morgan fingerprint density at radius 3 is 2.50 bits per heavy atom. The highest BCUT2D eigenvalue weighted by molar-refractivity contribution is 5.37. The summed E-state index contributed by atoms with van der Waals surface area (Å²) in [5.74, 6) is -0.707. The van der Waals surface area contributed by atoms with E-state index < -0.39 is 16.3 Å². The summed E-state index contributed by atoms with van der Waals surface area (Å²) < 4.78 is 19.1. The molecule has 0 atom stereocenters. The molecule has 1 aliphatic carbocycles. The molecule has 2 rings (SSSR count). The Bertz CT molecular complexity index is 485. The highest BCUT2D eigenvalue weighted by Crippen LogP contribution is 2.28. The molecule has 0 spiro atoms. The van der Waals surface area contributed by atoms with E-state index in [0.717, 1.165) is 31.7 Å². The second-order valence-corrected chi connectivity index (χ2v) is 5.44. The minimum atomic E-state index is -0.726. The van der Waals surface area contributed by atoms with Gasteiger partial charge < -0.3 is 10.5 Å². The van der Waals surface area contributed by atoms with Crippen LogP contribution in [-0.2, 0) is 0 Å². The number of nitro benzene ring substituents is 1. The normalized spacial score (nSPS) is 18.3. The van der Waals surface area contributed by atoms with Crippen LogP contribution in [0.4, 0.5) is 10.1 Å². The Morgan fingerprint density at radius 2 is 1.95 bits per heavy atom. The van der Waals surface area contributed by atoms with Crippen molar-refractivity contribution in [1.82, 2.24) is 0 Å². The van der Waals surface area contributed by atoms with Gasteiger partial charge in [-0.05, 0) is 18.9 Å². The standard InChI is InChI=1S/C14H19FN2O3/c15-12-9-11(17(18)19)5-6-13(12)20-10-14(16)7-3-1-2-4-8-14/h5-6,9H,1-4,7-8,10,16H2. The maximum Gasteiger partial charge on any atom is 0.272 e. The lowest BCUT2D eigenvalue weighted by molar-refractivity contribution is -0.385. The van der Waals surface area contributed by atoms with E-state index in [0.29, 0.717) is 0 Å². The van der Waals surface area contributed by atoms with Gasteiger partial charge in [-0.3, -0.25) is 10.1 Å². The third kappa shape index (κ3) is 3.66. The Labute approximate surface area is 117 Å². The second-order valence-electron chi connectivity index (χ2n) is 5.44. The molecule has 0 aromatic heterocycles. The van der Waals surface area contributed by atoms with Crippen LogP contribution in [-0.4, -0.2) is 17.1 Å². The van der Waals surface area contributed by atoms with E-state index in [9.17, 15) is 14.5 Å². The fourth-order valence-electron chi connectivity index (χ4n) is 2.52. The van der Waals surface area contributed by atoms with E-state index in [-0.39, 0.29) is 18.0 Å². The largest absolute Gasteiger partial charge is 0.489 e. The molecule has 0 heterocycles. The molecule has 6 heteroatoms. The number of nitro groups is 1. The highest BCUT2D eigenvalue weighted by Gasteiger charge is 2.27. The number of nitrogens with zero attached hydrogens (tertiary/aromatic N) is 1. The molecule has 0 radical (unpaired) electrons. The van der Waals surface area contributed by atoms with Crippen LogP contribution in [0.2, 0.25) is 0 Å². The lowest BCUT2D eigenvalue weighted by atomic mass is 9.92. The summed E-state index contributed by atoms with van der Waals surface area (Å²) in [6.07, 6.45) is 6.18. The highest BCUT2D eigenvalue weighted by atomic mass is 19.1. The van der Waals surface area contributed by atoms with Crippen LogP contribution in [0.1, 0.15) is 38.5 Å². The third-order valence-corrected chi connectivity index (χ3v) is 3.74. The SMILES string of the molecule is NC1(COc2ccc([N+](=O)[O-])cc2F)CCCCCC1. The molecule has 0 saturated heterocycles. The van der Waals surface area contributed by atoms with E-state index in [4.69, 9.17) is 10.5 Å². The molecule has 1 aromatic carbocycles. The van der Waals surface area contributed by atoms with Gasteiger partial charge in [0.05, 0.1) is 16.5 Å². The summed E-state index contributed by atoms with van der Waals surface area (Å²) in [6, 6.07) is 3.38. The van der Waals surface area contributed by atoms with Crippen molar-refractivity contribution >= 4 is 5.69 Å². The summed E-state index contributed by atoms with van der Waals surface area (Å²) >= 11 is 0. The number of non-ortho nitro benzene ring substituents is 1. The average Bonchev–Trinajstić information content (AvgIpc) is 2.62. The average molecular weight is 282 g/mol. The van der Waals surface area contributed by atoms with Crippen molar-refractivity contribution in [3.63, 3.8) is 0 Å². The first-order valence-electron chi connectivity index (χ1n) is 6.86. The topological polar surface area (TPSA) is 78.4 Å². The van der Waals surface area contributed by atoms with Crippen molar-refractivity contribution < 1.29 is 14.1 Å². The van der Waals surface area contributed by atoms with E-state index in [1.54, 1.807) is 0 Å². The number of ether oxygens (including phenoxy) is 1. The molecule has 110 valence electrons.